The summed E-state index contributed by atoms with van der Waals surface area (Å²) >= 11 is 0. The first-order valence-corrected chi connectivity index (χ1v) is 8.22. The number of rotatable bonds is 2. The van der Waals surface area contributed by atoms with E-state index in [4.69, 9.17) is 4.42 Å². The predicted molar refractivity (Wildman–Crippen MR) is 79.3 cm³/mol. The Hall–Kier alpha value is -1.70. The quantitative estimate of drug-likeness (QED) is 0.865. The van der Waals surface area contributed by atoms with Gasteiger partial charge in [-0.1, -0.05) is 0 Å². The number of hydrogen-bond donors (Lipinski definition) is 2. The number of aryl methyl sites for hydroxylation is 1. The first-order chi connectivity index (χ1) is 11.4. The van der Waals surface area contributed by atoms with Crippen molar-refractivity contribution in [2.45, 2.75) is 50.4 Å². The average molecular weight is 346 g/mol. The molecule has 2 heterocycles. The second-order valence-electron chi connectivity index (χ2n) is 6.50. The van der Waals surface area contributed by atoms with Gasteiger partial charge in [-0.15, -0.1) is 0 Å². The number of nitrogens with one attached hydrogen (secondary N) is 1. The number of aliphatic hydroxyl groups is 1. The van der Waals surface area contributed by atoms with E-state index in [9.17, 15) is 23.1 Å². The summed E-state index contributed by atoms with van der Waals surface area (Å²) < 4.78 is 43.1. The second-order valence-corrected chi connectivity index (χ2v) is 6.50. The standard InChI is InChI=1S/C16H21F3N2O3/c17-16(18,19)14(22)10-4-7-21(8-5-10)15(23)20-12-2-1-3-13-11(12)6-9-24-13/h6,9-10,12,14,22H,1-5,7-8H2,(H,20,23). The third kappa shape index (κ3) is 3.53. The maximum atomic E-state index is 12.6. The van der Waals surface area contributed by atoms with E-state index in [2.05, 4.69) is 5.32 Å². The SMILES string of the molecule is O=C(NC1CCCc2occc21)N1CCC(C(O)C(F)(F)F)CC1. The van der Waals surface area contributed by atoms with Crippen molar-refractivity contribution in [2.24, 2.45) is 5.92 Å². The molecule has 0 spiro atoms. The molecule has 1 aromatic rings. The minimum absolute atomic E-state index is 0.113. The topological polar surface area (TPSA) is 65.7 Å². The molecule has 1 saturated heterocycles. The van der Waals surface area contributed by atoms with Crippen LogP contribution in [0.1, 0.15) is 43.0 Å². The van der Waals surface area contributed by atoms with E-state index in [-0.39, 0.29) is 38.0 Å². The number of furan rings is 1. The van der Waals surface area contributed by atoms with Gasteiger partial charge in [-0.3, -0.25) is 0 Å². The molecule has 1 aliphatic heterocycles. The van der Waals surface area contributed by atoms with Crippen LogP contribution in [0.2, 0.25) is 0 Å². The molecular weight excluding hydrogens is 325 g/mol. The van der Waals surface area contributed by atoms with Gasteiger partial charge >= 0.3 is 12.2 Å². The molecule has 2 unspecified atom stereocenters. The van der Waals surface area contributed by atoms with Crippen LogP contribution in [0.4, 0.5) is 18.0 Å². The summed E-state index contributed by atoms with van der Waals surface area (Å²) in [5, 5.41) is 12.3. The minimum Gasteiger partial charge on any atom is -0.469 e. The lowest BCUT2D eigenvalue weighted by molar-refractivity contribution is -0.222. The molecule has 8 heteroatoms. The third-order valence-corrected chi connectivity index (χ3v) is 4.96. The summed E-state index contributed by atoms with van der Waals surface area (Å²) in [4.78, 5) is 13.9. The van der Waals surface area contributed by atoms with E-state index in [1.807, 2.05) is 6.07 Å². The van der Waals surface area contributed by atoms with Crippen molar-refractivity contribution >= 4 is 6.03 Å². The summed E-state index contributed by atoms with van der Waals surface area (Å²) in [5.41, 5.74) is 0.983. The highest BCUT2D eigenvalue weighted by atomic mass is 19.4. The van der Waals surface area contributed by atoms with Crippen molar-refractivity contribution in [3.05, 3.63) is 23.7 Å². The molecule has 2 N–H and O–H groups in total. The zero-order chi connectivity index (χ0) is 17.3. The van der Waals surface area contributed by atoms with Crippen molar-refractivity contribution in [2.75, 3.05) is 13.1 Å². The first-order valence-electron chi connectivity index (χ1n) is 8.22. The second kappa shape index (κ2) is 6.66. The lowest BCUT2D eigenvalue weighted by Gasteiger charge is -2.35. The maximum absolute atomic E-state index is 12.6. The molecule has 0 radical (unpaired) electrons. The summed E-state index contributed by atoms with van der Waals surface area (Å²) in [6.45, 7) is 0.434. The molecule has 1 aromatic heterocycles. The molecule has 24 heavy (non-hydrogen) atoms. The van der Waals surface area contributed by atoms with Gasteiger partial charge in [-0.05, 0) is 37.7 Å². The zero-order valence-electron chi connectivity index (χ0n) is 13.2. The normalized spacial score (nSPS) is 23.7. The maximum Gasteiger partial charge on any atom is 0.414 e. The van der Waals surface area contributed by atoms with Gasteiger partial charge in [-0.2, -0.15) is 13.2 Å². The van der Waals surface area contributed by atoms with Gasteiger partial charge in [-0.25, -0.2) is 4.79 Å². The molecule has 0 bridgehead atoms. The summed E-state index contributed by atoms with van der Waals surface area (Å²) in [6, 6.07) is 1.47. The molecule has 1 aliphatic carbocycles. The van der Waals surface area contributed by atoms with Crippen LogP contribution >= 0.6 is 0 Å². The molecule has 2 aliphatic rings. The Morgan fingerprint density at radius 1 is 1.33 bits per heavy atom. The van der Waals surface area contributed by atoms with E-state index in [0.717, 1.165) is 30.6 Å². The fourth-order valence-corrected chi connectivity index (χ4v) is 3.56. The van der Waals surface area contributed by atoms with Crippen molar-refractivity contribution in [1.82, 2.24) is 10.2 Å². The van der Waals surface area contributed by atoms with Crippen LogP contribution in [0.3, 0.4) is 0 Å². The first kappa shape index (κ1) is 17.1. The summed E-state index contributed by atoms with van der Waals surface area (Å²) in [5.74, 6) is 0.0442. The van der Waals surface area contributed by atoms with Crippen molar-refractivity contribution < 1.29 is 27.5 Å². The Kier molecular flexibility index (Phi) is 4.76. The fourth-order valence-electron chi connectivity index (χ4n) is 3.56. The number of carbonyl (C=O) groups is 1. The number of amides is 2. The molecular formula is C16H21F3N2O3. The van der Waals surface area contributed by atoms with Gasteiger partial charge in [0.25, 0.3) is 0 Å². The Morgan fingerprint density at radius 3 is 2.71 bits per heavy atom. The average Bonchev–Trinajstić information content (AvgIpc) is 3.03. The van der Waals surface area contributed by atoms with Gasteiger partial charge < -0.3 is 19.7 Å². The van der Waals surface area contributed by atoms with Crippen LogP contribution in [-0.4, -0.2) is 41.4 Å². The van der Waals surface area contributed by atoms with Gasteiger partial charge in [0.15, 0.2) is 6.10 Å². The highest BCUT2D eigenvalue weighted by molar-refractivity contribution is 5.75. The van der Waals surface area contributed by atoms with E-state index < -0.39 is 18.2 Å². The van der Waals surface area contributed by atoms with Crippen LogP contribution in [-0.2, 0) is 6.42 Å². The summed E-state index contributed by atoms with van der Waals surface area (Å²) in [6.07, 6.45) is -2.41. The van der Waals surface area contributed by atoms with Crippen molar-refractivity contribution in [3.63, 3.8) is 0 Å². The third-order valence-electron chi connectivity index (χ3n) is 4.96. The predicted octanol–water partition coefficient (Wildman–Crippen LogP) is 3.00. The molecule has 2 amide bonds. The Bertz CT molecular complexity index is 579. The minimum atomic E-state index is -4.60. The fraction of sp³-hybridized carbons (Fsp3) is 0.688. The highest BCUT2D eigenvalue weighted by Crippen LogP contribution is 2.33. The number of halogens is 3. The Labute approximate surface area is 137 Å². The van der Waals surface area contributed by atoms with Crippen molar-refractivity contribution in [3.8, 4) is 0 Å². The van der Waals surface area contributed by atoms with Crippen LogP contribution in [0.25, 0.3) is 0 Å². The van der Waals surface area contributed by atoms with Gasteiger partial charge in [0.2, 0.25) is 0 Å². The summed E-state index contributed by atoms with van der Waals surface area (Å²) in [7, 11) is 0. The van der Waals surface area contributed by atoms with E-state index >= 15 is 0 Å². The lowest BCUT2D eigenvalue weighted by Crippen LogP contribution is -2.49. The Morgan fingerprint density at radius 2 is 2.04 bits per heavy atom. The van der Waals surface area contributed by atoms with Crippen molar-refractivity contribution in [1.29, 1.82) is 0 Å². The molecule has 0 aromatic carbocycles. The molecule has 0 saturated carbocycles. The van der Waals surface area contributed by atoms with Gasteiger partial charge in [0, 0.05) is 25.1 Å². The molecule has 1 fully saturated rings. The Balaban J connectivity index is 1.53. The zero-order valence-corrected chi connectivity index (χ0v) is 13.2. The largest absolute Gasteiger partial charge is 0.469 e. The number of carbonyl (C=O) groups excluding carboxylic acids is 1. The number of alkyl halides is 3. The van der Waals surface area contributed by atoms with Gasteiger partial charge in [0.1, 0.15) is 5.76 Å². The van der Waals surface area contributed by atoms with Crippen LogP contribution in [0, 0.1) is 5.92 Å². The monoisotopic (exact) mass is 346 g/mol. The highest BCUT2D eigenvalue weighted by Gasteiger charge is 2.44. The smallest absolute Gasteiger partial charge is 0.414 e. The molecule has 5 nitrogen and oxygen atoms in total. The molecule has 134 valence electrons. The number of piperidine rings is 1. The lowest BCUT2D eigenvalue weighted by atomic mass is 9.91. The van der Waals surface area contributed by atoms with Gasteiger partial charge in [0.05, 0.1) is 12.3 Å². The van der Waals surface area contributed by atoms with E-state index in [1.54, 1.807) is 6.26 Å². The van der Waals surface area contributed by atoms with E-state index in [0.29, 0.717) is 0 Å². The molecule has 2 atom stereocenters. The number of aliphatic hydroxyl groups excluding tert-OH is 1. The van der Waals surface area contributed by atoms with Crippen LogP contribution in [0.5, 0.6) is 0 Å². The van der Waals surface area contributed by atoms with Crippen LogP contribution in [0.15, 0.2) is 16.7 Å². The van der Waals surface area contributed by atoms with Crippen LogP contribution < -0.4 is 5.32 Å². The number of urea groups is 1. The van der Waals surface area contributed by atoms with E-state index in [1.165, 1.54) is 4.90 Å². The number of likely N-dealkylation sites (tertiary alicyclic amines) is 1. The number of fused-ring (bicyclic) bond motifs is 1. The molecule has 3 rings (SSSR count). The number of nitrogens with zero attached hydrogens (tertiary/aromatic N) is 1. The number of hydrogen-bond acceptors (Lipinski definition) is 3.